The zero-order chi connectivity index (χ0) is 15.0. The Kier molecular flexibility index (Phi) is 2.99. The highest BCUT2D eigenvalue weighted by molar-refractivity contribution is 7.90. The van der Waals surface area contributed by atoms with Crippen LogP contribution in [0.1, 0.15) is 10.4 Å². The molecule has 1 heterocycles. The van der Waals surface area contributed by atoms with E-state index in [1.165, 1.54) is 30.6 Å². The topological polar surface area (TPSA) is 92.1 Å². The molecule has 0 amide bonds. The van der Waals surface area contributed by atoms with Crippen LogP contribution in [0.3, 0.4) is 0 Å². The minimum Gasteiger partial charge on any atom is -0.545 e. The van der Waals surface area contributed by atoms with Crippen LogP contribution in [0.4, 0.5) is 0 Å². The van der Waals surface area contributed by atoms with Gasteiger partial charge < -0.3 is 9.90 Å². The highest BCUT2D eigenvalue weighted by Gasteiger charge is 2.19. The average molecular weight is 301 g/mol. The van der Waals surface area contributed by atoms with Gasteiger partial charge >= 0.3 is 0 Å². The van der Waals surface area contributed by atoms with Gasteiger partial charge in [-0.25, -0.2) is 17.4 Å². The van der Waals surface area contributed by atoms with E-state index in [2.05, 4.69) is 4.98 Å². The summed E-state index contributed by atoms with van der Waals surface area (Å²) in [6.07, 6.45) is 1.23. The lowest BCUT2D eigenvalue weighted by Crippen LogP contribution is -2.22. The molecule has 0 unspecified atom stereocenters. The standard InChI is InChI=1S/C14H10N2O4S/c17-14(18)10-5-7-11(8-6-10)21(19,20)16-9-15-12-3-1-2-4-13(12)16/h1-9H,(H,17,18)/p-1. The van der Waals surface area contributed by atoms with Crippen LogP contribution in [-0.2, 0) is 10.0 Å². The maximum Gasteiger partial charge on any atom is 0.269 e. The molecule has 1 aromatic heterocycles. The number of carboxylic acids is 1. The minimum absolute atomic E-state index is 0.0179. The van der Waals surface area contributed by atoms with Crippen LogP contribution in [0.5, 0.6) is 0 Å². The fourth-order valence-electron chi connectivity index (χ4n) is 2.00. The maximum absolute atomic E-state index is 12.5. The summed E-state index contributed by atoms with van der Waals surface area (Å²) in [5.74, 6) is -1.35. The lowest BCUT2D eigenvalue weighted by atomic mass is 10.2. The van der Waals surface area contributed by atoms with Crippen LogP contribution in [0.25, 0.3) is 11.0 Å². The Bertz CT molecular complexity index is 927. The highest BCUT2D eigenvalue weighted by Crippen LogP contribution is 2.20. The summed E-state index contributed by atoms with van der Waals surface area (Å²) >= 11 is 0. The van der Waals surface area contributed by atoms with Gasteiger partial charge in [-0.3, -0.25) is 0 Å². The molecule has 0 spiro atoms. The lowest BCUT2D eigenvalue weighted by Gasteiger charge is -2.08. The van der Waals surface area contributed by atoms with Gasteiger partial charge in [-0.15, -0.1) is 0 Å². The number of nitrogens with zero attached hydrogens (tertiary/aromatic N) is 2. The first-order valence-corrected chi connectivity index (χ1v) is 7.43. The predicted octanol–water partition coefficient (Wildman–Crippen LogP) is 0.637. The summed E-state index contributed by atoms with van der Waals surface area (Å²) in [7, 11) is -3.82. The van der Waals surface area contributed by atoms with Crippen molar-refractivity contribution in [2.75, 3.05) is 0 Å². The number of hydrogen-bond donors (Lipinski definition) is 0. The summed E-state index contributed by atoms with van der Waals surface area (Å²) in [6.45, 7) is 0. The van der Waals surface area contributed by atoms with Gasteiger partial charge in [0.1, 0.15) is 6.33 Å². The van der Waals surface area contributed by atoms with Gasteiger partial charge in [-0.05, 0) is 29.8 Å². The summed E-state index contributed by atoms with van der Waals surface area (Å²) in [6, 6.07) is 11.7. The van der Waals surface area contributed by atoms with Crippen LogP contribution < -0.4 is 5.11 Å². The number of para-hydroxylation sites is 2. The fourth-order valence-corrected chi connectivity index (χ4v) is 3.30. The molecule has 0 radical (unpaired) electrons. The van der Waals surface area contributed by atoms with E-state index >= 15 is 0 Å². The molecule has 2 aromatic carbocycles. The number of carboxylic acid groups (broad SMARTS) is 1. The Morgan fingerprint density at radius 1 is 1.05 bits per heavy atom. The summed E-state index contributed by atoms with van der Waals surface area (Å²) in [4.78, 5) is 14.7. The summed E-state index contributed by atoms with van der Waals surface area (Å²) in [5.41, 5.74) is 0.943. The molecule has 3 aromatic rings. The molecule has 0 N–H and O–H groups in total. The monoisotopic (exact) mass is 301 g/mol. The van der Waals surface area contributed by atoms with E-state index in [1.54, 1.807) is 24.3 Å². The van der Waals surface area contributed by atoms with Gasteiger partial charge in [0.15, 0.2) is 0 Å². The molecule has 0 atom stereocenters. The second-order valence-electron chi connectivity index (χ2n) is 4.35. The predicted molar refractivity (Wildman–Crippen MR) is 73.1 cm³/mol. The van der Waals surface area contributed by atoms with E-state index in [-0.39, 0.29) is 10.5 Å². The number of fused-ring (bicyclic) bond motifs is 1. The molecule has 6 nitrogen and oxygen atoms in total. The molecule has 7 heteroatoms. The number of carbonyl (C=O) groups is 1. The van der Waals surface area contributed by atoms with Crippen LogP contribution in [0.2, 0.25) is 0 Å². The average Bonchev–Trinajstić information content (AvgIpc) is 2.92. The third-order valence-corrected chi connectivity index (χ3v) is 4.74. The SMILES string of the molecule is O=C([O-])c1ccc(S(=O)(=O)n2cnc3ccccc32)cc1. The largest absolute Gasteiger partial charge is 0.545 e. The molecular weight excluding hydrogens is 292 g/mol. The quantitative estimate of drug-likeness (QED) is 0.707. The van der Waals surface area contributed by atoms with Gasteiger partial charge in [0.05, 0.1) is 21.9 Å². The van der Waals surface area contributed by atoms with Gasteiger partial charge in [-0.2, -0.15) is 0 Å². The van der Waals surface area contributed by atoms with Gasteiger partial charge in [0.2, 0.25) is 0 Å². The zero-order valence-electron chi connectivity index (χ0n) is 10.6. The maximum atomic E-state index is 12.5. The second kappa shape index (κ2) is 4.71. The van der Waals surface area contributed by atoms with Crippen LogP contribution in [-0.4, -0.2) is 23.3 Å². The molecule has 0 saturated heterocycles. The van der Waals surface area contributed by atoms with Crippen molar-refractivity contribution < 1.29 is 18.3 Å². The summed E-state index contributed by atoms with van der Waals surface area (Å²) < 4.78 is 26.2. The number of rotatable bonds is 3. The van der Waals surface area contributed by atoms with E-state index < -0.39 is 16.0 Å². The molecule has 0 aliphatic heterocycles. The van der Waals surface area contributed by atoms with E-state index in [0.717, 1.165) is 3.97 Å². The van der Waals surface area contributed by atoms with Crippen molar-refractivity contribution in [3.63, 3.8) is 0 Å². The molecule has 0 saturated carbocycles. The van der Waals surface area contributed by atoms with Crippen molar-refractivity contribution in [3.8, 4) is 0 Å². The molecule has 106 valence electrons. The van der Waals surface area contributed by atoms with E-state index in [1.807, 2.05) is 0 Å². The smallest absolute Gasteiger partial charge is 0.269 e. The van der Waals surface area contributed by atoms with Gasteiger partial charge in [0, 0.05) is 0 Å². The number of carbonyl (C=O) groups excluding carboxylic acids is 1. The molecular formula is C14H9N2O4S-. The first-order chi connectivity index (χ1) is 10.00. The number of aromatic nitrogens is 2. The first-order valence-electron chi connectivity index (χ1n) is 5.99. The lowest BCUT2D eigenvalue weighted by molar-refractivity contribution is -0.255. The molecule has 0 fully saturated rings. The van der Waals surface area contributed by atoms with Gasteiger partial charge in [-0.1, -0.05) is 24.3 Å². The third kappa shape index (κ3) is 2.17. The molecule has 21 heavy (non-hydrogen) atoms. The number of benzene rings is 2. The fraction of sp³-hybridized carbons (Fsp3) is 0. The third-order valence-electron chi connectivity index (χ3n) is 3.07. The molecule has 0 aliphatic rings. The van der Waals surface area contributed by atoms with Crippen molar-refractivity contribution in [2.45, 2.75) is 4.90 Å². The number of imidazole rings is 1. The van der Waals surface area contributed by atoms with Crippen molar-refractivity contribution in [3.05, 3.63) is 60.4 Å². The molecule has 0 aliphatic carbocycles. The Balaban J connectivity index is 2.14. The Morgan fingerprint density at radius 3 is 2.38 bits per heavy atom. The Labute approximate surface area is 120 Å². The van der Waals surface area contributed by atoms with Crippen LogP contribution in [0, 0.1) is 0 Å². The van der Waals surface area contributed by atoms with Gasteiger partial charge in [0.25, 0.3) is 10.0 Å². The number of aromatic carboxylic acids is 1. The number of hydrogen-bond acceptors (Lipinski definition) is 5. The summed E-state index contributed by atoms with van der Waals surface area (Å²) in [5, 5.41) is 10.7. The Hall–Kier alpha value is -2.67. The second-order valence-corrected chi connectivity index (χ2v) is 6.16. The van der Waals surface area contributed by atoms with Crippen molar-refractivity contribution >= 4 is 27.0 Å². The van der Waals surface area contributed by atoms with Crippen molar-refractivity contribution in [1.82, 2.24) is 8.96 Å². The molecule has 0 bridgehead atoms. The highest BCUT2D eigenvalue weighted by atomic mass is 32.2. The first kappa shape index (κ1) is 13.3. The van der Waals surface area contributed by atoms with E-state index in [9.17, 15) is 18.3 Å². The van der Waals surface area contributed by atoms with Crippen LogP contribution in [0.15, 0.2) is 59.8 Å². The van der Waals surface area contributed by atoms with E-state index in [4.69, 9.17) is 0 Å². The van der Waals surface area contributed by atoms with Crippen molar-refractivity contribution in [1.29, 1.82) is 0 Å². The Morgan fingerprint density at radius 2 is 1.71 bits per heavy atom. The molecule has 3 rings (SSSR count). The van der Waals surface area contributed by atoms with Crippen LogP contribution >= 0.6 is 0 Å². The normalized spacial score (nSPS) is 11.6. The van der Waals surface area contributed by atoms with Crippen molar-refractivity contribution in [2.24, 2.45) is 0 Å². The zero-order valence-corrected chi connectivity index (χ0v) is 11.4. The van der Waals surface area contributed by atoms with E-state index in [0.29, 0.717) is 11.0 Å². The minimum atomic E-state index is -3.82.